The first-order chi connectivity index (χ1) is 16.8. The first kappa shape index (κ1) is 30.7. The molecule has 34 heavy (non-hydrogen) atoms. The Bertz CT molecular complexity index is 578. The van der Waals surface area contributed by atoms with Crippen molar-refractivity contribution in [1.29, 1.82) is 0 Å². The van der Waals surface area contributed by atoms with Crippen LogP contribution < -0.4 is 0 Å². The summed E-state index contributed by atoms with van der Waals surface area (Å²) in [5.41, 5.74) is 1.48. The molecule has 1 saturated heterocycles. The molecule has 0 N–H and O–H groups in total. The van der Waals surface area contributed by atoms with Crippen LogP contribution in [0.3, 0.4) is 0 Å². The van der Waals surface area contributed by atoms with Crippen LogP contribution in [-0.2, 0) is 35.2 Å². The molecule has 0 spiro atoms. The van der Waals surface area contributed by atoms with Crippen molar-refractivity contribution >= 4 is 68.6 Å². The van der Waals surface area contributed by atoms with Crippen LogP contribution >= 0.6 is 0 Å². The van der Waals surface area contributed by atoms with Gasteiger partial charge >= 0.3 is 8.56 Å². The topological polar surface area (TPSA) is 64.6 Å². The van der Waals surface area contributed by atoms with E-state index in [1.165, 1.54) is 82.6 Å². The highest BCUT2D eigenvalue weighted by molar-refractivity contribution is 6.74. The highest BCUT2D eigenvalue weighted by atomic mass is 28.5. The van der Waals surface area contributed by atoms with Crippen LogP contribution in [0.1, 0.15) is 76.2 Å². The Hall–Kier alpha value is 0.458. The third-order valence-electron chi connectivity index (χ3n) is 6.00. The highest BCUT2D eigenvalue weighted by Crippen LogP contribution is 2.19. The predicted octanol–water partition coefficient (Wildman–Crippen LogP) is 0.715. The van der Waals surface area contributed by atoms with Gasteiger partial charge in [0, 0.05) is 0 Å². The minimum atomic E-state index is -2.16. The number of benzene rings is 1. The zero-order chi connectivity index (χ0) is 24.0. The molecule has 0 atom stereocenters. The zero-order valence-electron chi connectivity index (χ0n) is 21.2. The Balaban J connectivity index is 1.42. The first-order valence-corrected chi connectivity index (χ1v) is 22.4. The van der Waals surface area contributed by atoms with Gasteiger partial charge < -0.3 is 28.8 Å². The van der Waals surface area contributed by atoms with E-state index in [9.17, 15) is 0 Å². The number of rotatable bonds is 14. The summed E-state index contributed by atoms with van der Waals surface area (Å²) < 4.78 is 40.4. The Morgan fingerprint density at radius 3 is 1.44 bits per heavy atom. The van der Waals surface area contributed by atoms with Gasteiger partial charge in [-0.1, -0.05) is 94.5 Å². The molecule has 1 aromatic carbocycles. The molecule has 14 heteroatoms. The van der Waals surface area contributed by atoms with Crippen LogP contribution in [0.15, 0.2) is 30.3 Å². The first-order valence-electron chi connectivity index (χ1n) is 13.0. The third-order valence-corrected chi connectivity index (χ3v) is 19.8. The minimum Gasteiger partial charge on any atom is -0.425 e. The second-order valence-electron chi connectivity index (χ2n) is 9.02. The molecule has 0 aromatic heterocycles. The highest BCUT2D eigenvalue weighted by Gasteiger charge is 2.30. The number of aryl methyl sites for hydroxylation is 1. The van der Waals surface area contributed by atoms with Crippen molar-refractivity contribution in [2.75, 3.05) is 0 Å². The lowest BCUT2D eigenvalue weighted by Gasteiger charge is -2.28. The Morgan fingerprint density at radius 1 is 0.529 bits per heavy atom. The van der Waals surface area contributed by atoms with Gasteiger partial charge in [-0.05, 0) is 31.0 Å². The van der Waals surface area contributed by atoms with E-state index in [0.29, 0.717) is 0 Å². The molecular weight excluding hydrogens is 549 g/mol. The van der Waals surface area contributed by atoms with Crippen molar-refractivity contribution in [2.45, 2.75) is 89.6 Å². The van der Waals surface area contributed by atoms with Crippen LogP contribution in [0.2, 0.25) is 12.6 Å². The molecule has 1 aliphatic rings. The summed E-state index contributed by atoms with van der Waals surface area (Å²) >= 11 is 0. The maximum atomic E-state index is 6.20. The van der Waals surface area contributed by atoms with Crippen LogP contribution in [0, 0.1) is 0 Å². The van der Waals surface area contributed by atoms with Gasteiger partial charge in [0.1, 0.15) is 0 Å². The monoisotopic (exact) mass is 594 g/mol. The van der Waals surface area contributed by atoms with E-state index >= 15 is 0 Å². The zero-order valence-corrected chi connectivity index (χ0v) is 30.7. The molecule has 196 valence electrons. The van der Waals surface area contributed by atoms with Crippen molar-refractivity contribution in [3.05, 3.63) is 35.9 Å². The SMILES string of the molecule is C[Si]1(CCCCCCCCCCCCCc2ccccc2)O[SiH2]O[SiH2]O[SiH2]O[SiH2]O[SiH2]O[SiH2]O1. The lowest BCUT2D eigenvalue weighted by atomic mass is 10.0. The standard InChI is InChI=1S/C20H46O7Si7/c1-34(26-32-24-30-22-28-21-29-23-31-25-33-27-34)19-15-10-8-6-4-2-3-5-7-9-12-16-20-17-13-11-14-18-20/h11,13-14,17-18H,2-10,12,15-16,19,28-33H2,1H3. The van der Waals surface area contributed by atoms with Gasteiger partial charge in [-0.25, -0.2) is 0 Å². The molecule has 0 bridgehead atoms. The maximum absolute atomic E-state index is 6.20. The summed E-state index contributed by atoms with van der Waals surface area (Å²) in [7, 11) is -7.88. The van der Waals surface area contributed by atoms with Gasteiger partial charge in [-0.3, -0.25) is 0 Å². The molecule has 0 radical (unpaired) electrons. The van der Waals surface area contributed by atoms with Crippen molar-refractivity contribution in [2.24, 2.45) is 0 Å². The molecule has 0 amide bonds. The van der Waals surface area contributed by atoms with E-state index in [-0.39, 0.29) is 0 Å². The average molecular weight is 595 g/mol. The largest absolute Gasteiger partial charge is 0.425 e. The molecule has 1 fully saturated rings. The van der Waals surface area contributed by atoms with Gasteiger partial charge in [-0.15, -0.1) is 0 Å². The molecule has 0 aliphatic carbocycles. The van der Waals surface area contributed by atoms with E-state index in [0.717, 1.165) is 6.04 Å². The van der Waals surface area contributed by atoms with E-state index in [1.54, 1.807) is 0 Å². The lowest BCUT2D eigenvalue weighted by Crippen LogP contribution is -2.42. The summed E-state index contributed by atoms with van der Waals surface area (Å²) in [6, 6.07) is 11.9. The van der Waals surface area contributed by atoms with E-state index in [4.69, 9.17) is 28.8 Å². The van der Waals surface area contributed by atoms with Crippen molar-refractivity contribution < 1.29 is 28.8 Å². The Kier molecular flexibility index (Phi) is 19.4. The quantitative estimate of drug-likeness (QED) is 0.232. The van der Waals surface area contributed by atoms with Crippen molar-refractivity contribution in [3.63, 3.8) is 0 Å². The second-order valence-corrected chi connectivity index (χ2v) is 23.7. The summed E-state index contributed by atoms with van der Waals surface area (Å²) in [5.74, 6) is 0. The summed E-state index contributed by atoms with van der Waals surface area (Å²) in [6.07, 6.45) is 16.0. The van der Waals surface area contributed by atoms with Crippen LogP contribution in [0.25, 0.3) is 0 Å². The number of hydrogen-bond acceptors (Lipinski definition) is 7. The summed E-state index contributed by atoms with van der Waals surface area (Å²) in [5, 5.41) is 0. The van der Waals surface area contributed by atoms with Gasteiger partial charge in [0.2, 0.25) is 0 Å². The predicted molar refractivity (Wildman–Crippen MR) is 156 cm³/mol. The van der Waals surface area contributed by atoms with Gasteiger partial charge in [0.25, 0.3) is 60.0 Å². The van der Waals surface area contributed by atoms with Crippen LogP contribution in [0.4, 0.5) is 0 Å². The fourth-order valence-corrected chi connectivity index (χ4v) is 18.7. The van der Waals surface area contributed by atoms with Crippen molar-refractivity contribution in [3.8, 4) is 0 Å². The van der Waals surface area contributed by atoms with E-state index in [1.807, 2.05) is 0 Å². The van der Waals surface area contributed by atoms with E-state index < -0.39 is 68.6 Å². The summed E-state index contributed by atoms with van der Waals surface area (Å²) in [4.78, 5) is 0. The fraction of sp³-hybridized carbons (Fsp3) is 0.700. The second kappa shape index (κ2) is 21.5. The molecule has 2 rings (SSSR count). The molecule has 1 aromatic rings. The third kappa shape index (κ3) is 17.0. The van der Waals surface area contributed by atoms with Crippen molar-refractivity contribution in [1.82, 2.24) is 0 Å². The van der Waals surface area contributed by atoms with Gasteiger partial charge in [0.05, 0.1) is 0 Å². The molecule has 1 heterocycles. The Morgan fingerprint density at radius 2 is 0.941 bits per heavy atom. The number of hydrogen-bond donors (Lipinski definition) is 0. The van der Waals surface area contributed by atoms with E-state index in [2.05, 4.69) is 36.9 Å². The average Bonchev–Trinajstić information content (AvgIpc) is 2.85. The summed E-state index contributed by atoms with van der Waals surface area (Å²) in [6.45, 7) is 2.18. The number of unbranched alkanes of at least 4 members (excludes halogenated alkanes) is 10. The van der Waals surface area contributed by atoms with Crippen LogP contribution in [-0.4, -0.2) is 68.6 Å². The minimum absolute atomic E-state index is 0.905. The molecule has 0 unspecified atom stereocenters. The molecule has 0 saturated carbocycles. The van der Waals surface area contributed by atoms with Crippen LogP contribution in [0.5, 0.6) is 0 Å². The normalized spacial score (nSPS) is 25.4. The molecular formula is C20H46O7Si7. The van der Waals surface area contributed by atoms with Gasteiger partial charge in [0.15, 0.2) is 0 Å². The molecule has 1 aliphatic heterocycles. The lowest BCUT2D eigenvalue weighted by molar-refractivity contribution is 0.320. The fourth-order valence-electron chi connectivity index (χ4n) is 3.94. The molecule has 7 nitrogen and oxygen atoms in total. The smallest absolute Gasteiger partial charge is 0.316 e. The maximum Gasteiger partial charge on any atom is 0.316 e. The Labute approximate surface area is 222 Å². The van der Waals surface area contributed by atoms with Gasteiger partial charge in [-0.2, -0.15) is 0 Å².